The van der Waals surface area contributed by atoms with E-state index in [-0.39, 0.29) is 24.7 Å². The van der Waals surface area contributed by atoms with Crippen LogP contribution in [0.25, 0.3) is 0 Å². The Morgan fingerprint density at radius 3 is 2.48 bits per heavy atom. The molecule has 0 fully saturated rings. The van der Waals surface area contributed by atoms with Crippen molar-refractivity contribution >= 4 is 28.3 Å². The molecule has 23 heavy (non-hydrogen) atoms. The number of methoxy groups -OCH3 is 2. The first-order chi connectivity index (χ1) is 11.0. The van der Waals surface area contributed by atoms with Gasteiger partial charge in [-0.15, -0.1) is 11.3 Å². The Balaban J connectivity index is 1.96. The van der Waals surface area contributed by atoms with Gasteiger partial charge in [0.15, 0.2) is 5.13 Å². The number of esters is 1. The van der Waals surface area contributed by atoms with Gasteiger partial charge < -0.3 is 14.8 Å². The third-order valence-corrected chi connectivity index (χ3v) is 4.27. The van der Waals surface area contributed by atoms with E-state index in [1.54, 1.807) is 14.0 Å². The highest BCUT2D eigenvalue weighted by Gasteiger charge is 2.14. The predicted octanol–water partition coefficient (Wildman–Crippen LogP) is 2.36. The average molecular weight is 334 g/mol. The van der Waals surface area contributed by atoms with Gasteiger partial charge >= 0.3 is 5.97 Å². The van der Waals surface area contributed by atoms with E-state index in [1.165, 1.54) is 18.4 Å². The van der Waals surface area contributed by atoms with Crippen molar-refractivity contribution in [2.75, 3.05) is 19.5 Å². The van der Waals surface area contributed by atoms with Gasteiger partial charge in [0, 0.05) is 4.88 Å². The zero-order valence-electron chi connectivity index (χ0n) is 13.2. The Morgan fingerprint density at radius 1 is 1.17 bits per heavy atom. The van der Waals surface area contributed by atoms with Crippen LogP contribution in [0.2, 0.25) is 0 Å². The molecule has 1 heterocycles. The molecule has 1 amide bonds. The van der Waals surface area contributed by atoms with Gasteiger partial charge in [0.25, 0.3) is 0 Å². The number of aromatic nitrogens is 1. The summed E-state index contributed by atoms with van der Waals surface area (Å²) in [7, 11) is 2.94. The maximum atomic E-state index is 12.1. The van der Waals surface area contributed by atoms with Crippen molar-refractivity contribution in [1.29, 1.82) is 0 Å². The van der Waals surface area contributed by atoms with Crippen molar-refractivity contribution in [1.82, 2.24) is 4.98 Å². The van der Waals surface area contributed by atoms with Crippen molar-refractivity contribution in [3.8, 4) is 5.75 Å². The second kappa shape index (κ2) is 7.73. The zero-order valence-corrected chi connectivity index (χ0v) is 14.0. The highest BCUT2D eigenvalue weighted by atomic mass is 32.1. The molecule has 0 aliphatic carbocycles. The molecule has 0 aliphatic heterocycles. The minimum atomic E-state index is -0.326. The summed E-state index contributed by atoms with van der Waals surface area (Å²) in [5, 5.41) is 3.24. The van der Waals surface area contributed by atoms with Crippen molar-refractivity contribution in [3.05, 3.63) is 40.4 Å². The minimum absolute atomic E-state index is 0.159. The highest BCUT2D eigenvalue weighted by Crippen LogP contribution is 2.23. The van der Waals surface area contributed by atoms with Crippen LogP contribution in [0.15, 0.2) is 24.3 Å². The second-order valence-corrected chi connectivity index (χ2v) is 5.94. The number of rotatable bonds is 6. The third kappa shape index (κ3) is 4.79. The largest absolute Gasteiger partial charge is 0.497 e. The Morgan fingerprint density at radius 2 is 1.87 bits per heavy atom. The average Bonchev–Trinajstić information content (AvgIpc) is 2.87. The Kier molecular flexibility index (Phi) is 5.70. The number of nitrogens with one attached hydrogen (secondary N) is 1. The maximum absolute atomic E-state index is 12.1. The SMILES string of the molecule is COC(=O)Cc1sc(NC(=O)Cc2ccc(OC)cc2)nc1C. The number of hydrogen-bond acceptors (Lipinski definition) is 6. The van der Waals surface area contributed by atoms with Crippen molar-refractivity contribution in [3.63, 3.8) is 0 Å². The summed E-state index contributed by atoms with van der Waals surface area (Å²) in [6.07, 6.45) is 0.406. The van der Waals surface area contributed by atoms with Crippen LogP contribution >= 0.6 is 11.3 Å². The standard InChI is InChI=1S/C16H18N2O4S/c1-10-13(9-15(20)22-3)23-16(17-10)18-14(19)8-11-4-6-12(21-2)7-5-11/h4-7H,8-9H2,1-3H3,(H,17,18,19). The molecule has 122 valence electrons. The molecule has 1 aromatic carbocycles. The summed E-state index contributed by atoms with van der Waals surface area (Å²) >= 11 is 1.28. The Hall–Kier alpha value is -2.41. The number of nitrogens with zero attached hydrogens (tertiary/aromatic N) is 1. The normalized spacial score (nSPS) is 10.2. The lowest BCUT2D eigenvalue weighted by molar-refractivity contribution is -0.139. The lowest BCUT2D eigenvalue weighted by atomic mass is 10.1. The predicted molar refractivity (Wildman–Crippen MR) is 87.9 cm³/mol. The number of aryl methyl sites for hydroxylation is 1. The minimum Gasteiger partial charge on any atom is -0.497 e. The van der Waals surface area contributed by atoms with Gasteiger partial charge in [-0.2, -0.15) is 0 Å². The fourth-order valence-corrected chi connectivity index (χ4v) is 2.91. The molecule has 1 N–H and O–H groups in total. The Labute approximate surface area is 138 Å². The number of amides is 1. The second-order valence-electron chi connectivity index (χ2n) is 4.85. The summed E-state index contributed by atoms with van der Waals surface area (Å²) in [5.41, 5.74) is 1.60. The summed E-state index contributed by atoms with van der Waals surface area (Å²) in [6.45, 7) is 1.80. The van der Waals surface area contributed by atoms with Crippen molar-refractivity contribution in [2.24, 2.45) is 0 Å². The number of thiazole rings is 1. The topological polar surface area (TPSA) is 77.5 Å². The van der Waals surface area contributed by atoms with Gasteiger partial charge in [0.2, 0.25) is 5.91 Å². The molecule has 0 unspecified atom stereocenters. The zero-order chi connectivity index (χ0) is 16.8. The third-order valence-electron chi connectivity index (χ3n) is 3.20. The van der Waals surface area contributed by atoms with Crippen LogP contribution in [0.5, 0.6) is 5.75 Å². The van der Waals surface area contributed by atoms with Gasteiger partial charge in [0.05, 0.1) is 32.8 Å². The van der Waals surface area contributed by atoms with Crippen LogP contribution in [-0.2, 0) is 27.2 Å². The fraction of sp³-hybridized carbons (Fsp3) is 0.312. The van der Waals surface area contributed by atoms with Gasteiger partial charge in [-0.05, 0) is 24.6 Å². The molecule has 0 saturated carbocycles. The summed E-state index contributed by atoms with van der Waals surface area (Å²) < 4.78 is 9.72. The van der Waals surface area contributed by atoms with Gasteiger partial charge in [-0.1, -0.05) is 12.1 Å². The Bertz CT molecular complexity index is 695. The van der Waals surface area contributed by atoms with Crippen molar-refractivity contribution < 1.29 is 19.1 Å². The number of carbonyl (C=O) groups is 2. The number of anilines is 1. The summed E-state index contributed by atoms with van der Waals surface area (Å²) in [6, 6.07) is 7.30. The molecule has 0 bridgehead atoms. The summed E-state index contributed by atoms with van der Waals surface area (Å²) in [5.74, 6) is 0.263. The monoisotopic (exact) mass is 334 g/mol. The van der Waals surface area contributed by atoms with E-state index in [0.29, 0.717) is 5.13 Å². The highest BCUT2D eigenvalue weighted by molar-refractivity contribution is 7.16. The van der Waals surface area contributed by atoms with E-state index in [0.717, 1.165) is 21.9 Å². The molecule has 2 rings (SSSR count). The van der Waals surface area contributed by atoms with E-state index in [4.69, 9.17) is 4.74 Å². The smallest absolute Gasteiger partial charge is 0.310 e. The van der Waals surface area contributed by atoms with E-state index in [2.05, 4.69) is 15.0 Å². The maximum Gasteiger partial charge on any atom is 0.310 e. The fourth-order valence-electron chi connectivity index (χ4n) is 1.94. The molecule has 0 radical (unpaired) electrons. The first-order valence-corrected chi connectivity index (χ1v) is 7.79. The van der Waals surface area contributed by atoms with Crippen LogP contribution in [0, 0.1) is 6.92 Å². The van der Waals surface area contributed by atoms with E-state index < -0.39 is 0 Å². The number of benzene rings is 1. The lowest BCUT2D eigenvalue weighted by Crippen LogP contribution is -2.14. The molecular formula is C16H18N2O4S. The van der Waals surface area contributed by atoms with Crippen molar-refractivity contribution in [2.45, 2.75) is 19.8 Å². The van der Waals surface area contributed by atoms with E-state index >= 15 is 0 Å². The first kappa shape index (κ1) is 17.0. The molecule has 6 nitrogen and oxygen atoms in total. The number of hydrogen-bond donors (Lipinski definition) is 1. The summed E-state index contributed by atoms with van der Waals surface area (Å²) in [4.78, 5) is 28.4. The molecule has 0 atom stereocenters. The van der Waals surface area contributed by atoms with Crippen LogP contribution < -0.4 is 10.1 Å². The van der Waals surface area contributed by atoms with E-state index in [1.807, 2.05) is 24.3 Å². The molecular weight excluding hydrogens is 316 g/mol. The molecule has 7 heteroatoms. The molecule has 1 aromatic heterocycles. The van der Waals surface area contributed by atoms with Crippen LogP contribution in [0.3, 0.4) is 0 Å². The quantitative estimate of drug-likeness (QED) is 0.821. The molecule has 0 aliphatic rings. The molecule has 0 saturated heterocycles. The molecule has 0 spiro atoms. The number of carbonyl (C=O) groups excluding carboxylic acids is 2. The van der Waals surface area contributed by atoms with E-state index in [9.17, 15) is 9.59 Å². The van der Waals surface area contributed by atoms with Gasteiger partial charge in [-0.25, -0.2) is 4.98 Å². The van der Waals surface area contributed by atoms with Crippen LogP contribution in [0.4, 0.5) is 5.13 Å². The lowest BCUT2D eigenvalue weighted by Gasteiger charge is -2.03. The van der Waals surface area contributed by atoms with Crippen LogP contribution in [-0.4, -0.2) is 31.1 Å². The first-order valence-electron chi connectivity index (χ1n) is 6.97. The number of ether oxygens (including phenoxy) is 2. The molecule has 2 aromatic rings. The van der Waals surface area contributed by atoms with Gasteiger partial charge in [-0.3, -0.25) is 9.59 Å². The van der Waals surface area contributed by atoms with Crippen LogP contribution in [0.1, 0.15) is 16.1 Å². The van der Waals surface area contributed by atoms with Gasteiger partial charge in [0.1, 0.15) is 5.75 Å².